The fraction of sp³-hybridized carbons (Fsp3) is 0.379. The van der Waals surface area contributed by atoms with Crippen LogP contribution in [-0.2, 0) is 22.5 Å². The molecule has 2 heterocycles. The fourth-order valence-electron chi connectivity index (χ4n) is 4.68. The van der Waals surface area contributed by atoms with Crippen molar-refractivity contribution in [2.24, 2.45) is 0 Å². The molecule has 0 radical (unpaired) electrons. The molecule has 0 bridgehead atoms. The predicted octanol–water partition coefficient (Wildman–Crippen LogP) is 5.93. The second-order valence-electron chi connectivity index (χ2n) is 11.7. The van der Waals surface area contributed by atoms with Crippen LogP contribution in [0.5, 0.6) is 0 Å². The highest BCUT2D eigenvalue weighted by Gasteiger charge is 2.50. The van der Waals surface area contributed by atoms with E-state index in [0.29, 0.717) is 19.0 Å². The summed E-state index contributed by atoms with van der Waals surface area (Å²) in [4.78, 5) is 4.70. The molecule has 4 aromatic rings. The minimum atomic E-state index is -2.69. The van der Waals surface area contributed by atoms with Crippen LogP contribution in [0.2, 0.25) is 30.7 Å². The molecule has 4 rings (SSSR count). The van der Waals surface area contributed by atoms with Crippen molar-refractivity contribution in [3.05, 3.63) is 84.9 Å². The highest BCUT2D eigenvalue weighted by molar-refractivity contribution is 6.99. The Kier molecular flexibility index (Phi) is 8.33. The number of imidazole rings is 1. The molecule has 0 aliphatic rings. The topological polar surface area (TPSA) is 62.3 Å². The number of hydrogen-bond acceptors (Lipinski definition) is 5. The summed E-state index contributed by atoms with van der Waals surface area (Å²) in [5.41, 5.74) is 1.64. The highest BCUT2D eigenvalue weighted by Crippen LogP contribution is 2.37. The monoisotopic (exact) mass is 533 g/mol. The van der Waals surface area contributed by atoms with E-state index >= 15 is 0 Å². The third-order valence-corrected chi connectivity index (χ3v) is 13.4. The fourth-order valence-corrected chi connectivity index (χ4v) is 9.96. The minimum Gasteiger partial charge on any atom is -0.402 e. The summed E-state index contributed by atoms with van der Waals surface area (Å²) in [6.45, 7) is 15.5. The molecular formula is C29H39N3O3Si2. The molecular weight excluding hydrogens is 495 g/mol. The van der Waals surface area contributed by atoms with Crippen molar-refractivity contribution in [3.8, 4) is 11.5 Å². The second-order valence-corrected chi connectivity index (χ2v) is 21.6. The Morgan fingerprint density at radius 1 is 0.892 bits per heavy atom. The van der Waals surface area contributed by atoms with E-state index in [2.05, 4.69) is 111 Å². The molecule has 0 amide bonds. The Labute approximate surface area is 222 Å². The minimum absolute atomic E-state index is 0.108. The summed E-state index contributed by atoms with van der Waals surface area (Å²) in [5.74, 6) is 0.725. The summed E-state index contributed by atoms with van der Waals surface area (Å²) in [7, 11) is -3.88. The van der Waals surface area contributed by atoms with Crippen molar-refractivity contribution >= 4 is 26.8 Å². The van der Waals surface area contributed by atoms with Crippen LogP contribution in [-0.4, -0.2) is 37.7 Å². The van der Waals surface area contributed by atoms with Gasteiger partial charge in [0.25, 0.3) is 8.32 Å². The van der Waals surface area contributed by atoms with Gasteiger partial charge < -0.3 is 18.3 Å². The third kappa shape index (κ3) is 6.21. The number of benzene rings is 2. The quantitative estimate of drug-likeness (QED) is 0.177. The van der Waals surface area contributed by atoms with Crippen molar-refractivity contribution in [1.29, 1.82) is 0 Å². The maximum atomic E-state index is 7.17. The standard InChI is InChI=1S/C29H39N3O3Si2/c1-29(2,3)37(25-13-9-7-10-14-25,26-15-11-8-12-16-26)35-22-24-21-30-28(27-17-18-34-31-27)32(24)23-33-19-20-36(4,5)6/h7-18,21H,19-20,22-23H2,1-6H3. The van der Waals surface area contributed by atoms with Crippen molar-refractivity contribution in [1.82, 2.24) is 14.7 Å². The van der Waals surface area contributed by atoms with Crippen molar-refractivity contribution in [3.63, 3.8) is 0 Å². The number of rotatable bonds is 11. The van der Waals surface area contributed by atoms with Crippen LogP contribution in [0.3, 0.4) is 0 Å². The molecule has 0 aliphatic heterocycles. The van der Waals surface area contributed by atoms with E-state index < -0.39 is 16.4 Å². The second kappa shape index (κ2) is 11.3. The molecule has 196 valence electrons. The first-order valence-electron chi connectivity index (χ1n) is 12.9. The zero-order valence-electron chi connectivity index (χ0n) is 22.9. The molecule has 0 aliphatic carbocycles. The molecule has 6 nitrogen and oxygen atoms in total. The average molecular weight is 534 g/mol. The van der Waals surface area contributed by atoms with Gasteiger partial charge in [-0.1, -0.05) is 106 Å². The van der Waals surface area contributed by atoms with E-state index in [1.54, 1.807) is 6.26 Å². The molecule has 0 saturated carbocycles. The number of nitrogens with zero attached hydrogens (tertiary/aromatic N) is 3. The molecule has 0 fully saturated rings. The van der Waals surface area contributed by atoms with E-state index in [0.717, 1.165) is 24.2 Å². The van der Waals surface area contributed by atoms with Gasteiger partial charge in [0.05, 0.1) is 18.5 Å². The molecule has 2 aromatic carbocycles. The van der Waals surface area contributed by atoms with Gasteiger partial charge in [-0.25, -0.2) is 4.98 Å². The lowest BCUT2D eigenvalue weighted by atomic mass is 10.2. The third-order valence-electron chi connectivity index (χ3n) is 6.68. The van der Waals surface area contributed by atoms with Crippen LogP contribution < -0.4 is 10.4 Å². The lowest BCUT2D eigenvalue weighted by molar-refractivity contribution is 0.0837. The van der Waals surface area contributed by atoms with Gasteiger partial charge in [0.15, 0.2) is 5.82 Å². The van der Waals surface area contributed by atoms with Crippen LogP contribution in [0.25, 0.3) is 11.5 Å². The van der Waals surface area contributed by atoms with Gasteiger partial charge in [0, 0.05) is 20.7 Å². The van der Waals surface area contributed by atoms with E-state index in [9.17, 15) is 0 Å². The molecule has 0 spiro atoms. The first-order chi connectivity index (χ1) is 17.6. The van der Waals surface area contributed by atoms with Crippen LogP contribution in [0.1, 0.15) is 26.5 Å². The summed E-state index contributed by atoms with van der Waals surface area (Å²) in [6, 6.07) is 24.3. The normalized spacial score (nSPS) is 12.7. The van der Waals surface area contributed by atoms with Crippen molar-refractivity contribution < 1.29 is 13.7 Å². The average Bonchev–Trinajstić information content (AvgIpc) is 3.52. The summed E-state index contributed by atoms with van der Waals surface area (Å²) < 4.78 is 20.5. The maximum absolute atomic E-state index is 7.17. The molecule has 2 aromatic heterocycles. The first kappa shape index (κ1) is 27.3. The van der Waals surface area contributed by atoms with Gasteiger partial charge in [0.2, 0.25) is 0 Å². The Hall–Kier alpha value is -2.79. The molecule has 0 saturated heterocycles. The summed E-state index contributed by atoms with van der Waals surface area (Å²) >= 11 is 0. The molecule has 0 N–H and O–H groups in total. The number of aromatic nitrogens is 3. The highest BCUT2D eigenvalue weighted by atomic mass is 28.4. The molecule has 37 heavy (non-hydrogen) atoms. The van der Waals surface area contributed by atoms with E-state index in [1.165, 1.54) is 10.4 Å². The van der Waals surface area contributed by atoms with Gasteiger partial charge in [-0.15, -0.1) is 0 Å². The van der Waals surface area contributed by atoms with E-state index in [4.69, 9.17) is 18.7 Å². The summed E-state index contributed by atoms with van der Waals surface area (Å²) in [6.07, 6.45) is 3.45. The van der Waals surface area contributed by atoms with Crippen LogP contribution >= 0.6 is 0 Å². The number of ether oxygens (including phenoxy) is 1. The molecule has 0 unspecified atom stereocenters. The SMILES string of the molecule is CC(C)(C)[Si](OCc1cnc(-c2ccon2)n1COCC[Si](C)(C)C)(c1ccccc1)c1ccccc1. The van der Waals surface area contributed by atoms with Gasteiger partial charge in [-0.05, 0) is 21.5 Å². The van der Waals surface area contributed by atoms with Crippen molar-refractivity contribution in [2.75, 3.05) is 6.61 Å². The molecule has 0 atom stereocenters. The Morgan fingerprint density at radius 2 is 1.51 bits per heavy atom. The largest absolute Gasteiger partial charge is 0.402 e. The van der Waals surface area contributed by atoms with Crippen LogP contribution in [0, 0.1) is 0 Å². The van der Waals surface area contributed by atoms with Gasteiger partial charge in [-0.3, -0.25) is 0 Å². The lowest BCUT2D eigenvalue weighted by Crippen LogP contribution is -2.66. The number of hydrogen-bond donors (Lipinski definition) is 0. The zero-order valence-corrected chi connectivity index (χ0v) is 24.9. The zero-order chi connectivity index (χ0) is 26.5. The van der Waals surface area contributed by atoms with Crippen molar-refractivity contribution in [2.45, 2.75) is 64.8 Å². The van der Waals surface area contributed by atoms with E-state index in [1.807, 2.05) is 12.3 Å². The van der Waals surface area contributed by atoms with Gasteiger partial charge in [0.1, 0.15) is 18.7 Å². The van der Waals surface area contributed by atoms with Crippen LogP contribution in [0.15, 0.2) is 83.7 Å². The molecule has 8 heteroatoms. The smallest absolute Gasteiger partial charge is 0.261 e. The lowest BCUT2D eigenvalue weighted by Gasteiger charge is -2.43. The Bertz CT molecular complexity index is 1210. The van der Waals surface area contributed by atoms with Gasteiger partial charge >= 0.3 is 0 Å². The Balaban J connectivity index is 1.70. The maximum Gasteiger partial charge on any atom is 0.261 e. The first-order valence-corrected chi connectivity index (χ1v) is 18.5. The van der Waals surface area contributed by atoms with Gasteiger partial charge in [-0.2, -0.15) is 0 Å². The summed E-state index contributed by atoms with van der Waals surface area (Å²) in [5, 5.41) is 6.53. The predicted molar refractivity (Wildman–Crippen MR) is 154 cm³/mol. The van der Waals surface area contributed by atoms with Crippen LogP contribution in [0.4, 0.5) is 0 Å². The van der Waals surface area contributed by atoms with E-state index in [-0.39, 0.29) is 5.04 Å². The Morgan fingerprint density at radius 3 is 2.03 bits per heavy atom.